The number of nitrogens with zero attached hydrogens (tertiary/aromatic N) is 5. The molecule has 0 atom stereocenters. The van der Waals surface area contributed by atoms with Gasteiger partial charge in [-0.1, -0.05) is 6.92 Å². The molecule has 114 valence electrons. The molecule has 21 heavy (non-hydrogen) atoms. The molecule has 0 unspecified atom stereocenters. The van der Waals surface area contributed by atoms with E-state index in [0.29, 0.717) is 5.69 Å². The van der Waals surface area contributed by atoms with Gasteiger partial charge in [-0.25, -0.2) is 0 Å². The molecule has 0 spiro atoms. The summed E-state index contributed by atoms with van der Waals surface area (Å²) in [5.41, 5.74) is 0.461. The Morgan fingerprint density at radius 2 is 1.76 bits per heavy atom. The number of rotatable bonds is 3. The van der Waals surface area contributed by atoms with E-state index in [9.17, 15) is 4.79 Å². The van der Waals surface area contributed by atoms with Crippen LogP contribution >= 0.6 is 0 Å². The van der Waals surface area contributed by atoms with E-state index in [1.54, 1.807) is 0 Å². The lowest BCUT2D eigenvalue weighted by molar-refractivity contribution is 0.0636. The average molecular weight is 289 g/mol. The topological polar surface area (TPSA) is 52.6 Å². The zero-order chi connectivity index (χ0) is 14.7. The first-order chi connectivity index (χ1) is 10.3. The predicted molar refractivity (Wildman–Crippen MR) is 81.5 cm³/mol. The summed E-state index contributed by atoms with van der Waals surface area (Å²) < 4.78 is 0. The molecule has 1 amide bonds. The first kappa shape index (κ1) is 14.3. The first-order valence-electron chi connectivity index (χ1n) is 7.88. The number of piperazine rings is 1. The highest BCUT2D eigenvalue weighted by atomic mass is 16.2. The Morgan fingerprint density at radius 3 is 2.33 bits per heavy atom. The van der Waals surface area contributed by atoms with E-state index in [-0.39, 0.29) is 5.91 Å². The van der Waals surface area contributed by atoms with Crippen LogP contribution in [-0.4, -0.2) is 71.7 Å². The van der Waals surface area contributed by atoms with Gasteiger partial charge in [-0.15, -0.1) is 10.2 Å². The van der Waals surface area contributed by atoms with Crippen LogP contribution in [0.25, 0.3) is 0 Å². The summed E-state index contributed by atoms with van der Waals surface area (Å²) in [6, 6.07) is 3.74. The van der Waals surface area contributed by atoms with Crippen LogP contribution in [0.15, 0.2) is 12.1 Å². The van der Waals surface area contributed by atoms with Gasteiger partial charge in [-0.2, -0.15) is 0 Å². The Labute approximate surface area is 125 Å². The van der Waals surface area contributed by atoms with Crippen molar-refractivity contribution in [3.05, 3.63) is 17.8 Å². The summed E-state index contributed by atoms with van der Waals surface area (Å²) in [6.45, 7) is 8.74. The maximum Gasteiger partial charge on any atom is 0.274 e. The quantitative estimate of drug-likeness (QED) is 0.826. The minimum atomic E-state index is 0.00576. The average Bonchev–Trinajstić information content (AvgIpc) is 3.09. The largest absolute Gasteiger partial charge is 0.355 e. The highest BCUT2D eigenvalue weighted by Gasteiger charge is 2.23. The van der Waals surface area contributed by atoms with E-state index in [1.807, 2.05) is 17.0 Å². The molecule has 0 aliphatic carbocycles. The van der Waals surface area contributed by atoms with Crippen molar-refractivity contribution in [2.24, 2.45) is 0 Å². The van der Waals surface area contributed by atoms with Gasteiger partial charge in [0, 0.05) is 39.3 Å². The molecule has 1 aromatic rings. The Morgan fingerprint density at radius 1 is 1.05 bits per heavy atom. The monoisotopic (exact) mass is 289 g/mol. The van der Waals surface area contributed by atoms with Crippen molar-refractivity contribution >= 4 is 11.7 Å². The van der Waals surface area contributed by atoms with Gasteiger partial charge in [0.25, 0.3) is 5.91 Å². The van der Waals surface area contributed by atoms with Crippen molar-refractivity contribution in [2.75, 3.05) is 50.7 Å². The molecule has 6 nitrogen and oxygen atoms in total. The third kappa shape index (κ3) is 3.15. The number of anilines is 1. The molecular formula is C15H23N5O. The summed E-state index contributed by atoms with van der Waals surface area (Å²) >= 11 is 0. The normalized spacial score (nSPS) is 20.0. The van der Waals surface area contributed by atoms with Crippen LogP contribution in [0, 0.1) is 0 Å². The molecule has 0 saturated carbocycles. The van der Waals surface area contributed by atoms with Crippen LogP contribution in [0.4, 0.5) is 5.82 Å². The number of amides is 1. The molecule has 2 aliphatic heterocycles. The second-order valence-electron chi connectivity index (χ2n) is 5.70. The number of hydrogen-bond donors (Lipinski definition) is 0. The van der Waals surface area contributed by atoms with Crippen LogP contribution in [0.1, 0.15) is 30.3 Å². The van der Waals surface area contributed by atoms with Crippen LogP contribution in [0.5, 0.6) is 0 Å². The molecule has 3 rings (SSSR count). The second-order valence-corrected chi connectivity index (χ2v) is 5.70. The Kier molecular flexibility index (Phi) is 4.34. The lowest BCUT2D eigenvalue weighted by atomic mass is 10.2. The van der Waals surface area contributed by atoms with Gasteiger partial charge < -0.3 is 14.7 Å². The summed E-state index contributed by atoms with van der Waals surface area (Å²) in [5, 5.41) is 8.37. The second kappa shape index (κ2) is 6.39. The lowest BCUT2D eigenvalue weighted by Crippen LogP contribution is -2.48. The summed E-state index contributed by atoms with van der Waals surface area (Å²) in [6.07, 6.45) is 2.42. The van der Waals surface area contributed by atoms with Crippen molar-refractivity contribution in [3.63, 3.8) is 0 Å². The number of likely N-dealkylation sites (N-methyl/N-ethyl adjacent to an activating group) is 1. The highest BCUT2D eigenvalue weighted by molar-refractivity contribution is 5.92. The molecule has 1 aromatic heterocycles. The van der Waals surface area contributed by atoms with Crippen LogP contribution in [-0.2, 0) is 0 Å². The first-order valence-corrected chi connectivity index (χ1v) is 7.88. The molecule has 0 radical (unpaired) electrons. The number of carbonyl (C=O) groups is 1. The Hall–Kier alpha value is -1.69. The van der Waals surface area contributed by atoms with Crippen molar-refractivity contribution < 1.29 is 4.79 Å². The molecule has 3 heterocycles. The number of carbonyl (C=O) groups excluding carboxylic acids is 1. The van der Waals surface area contributed by atoms with Crippen LogP contribution in [0.3, 0.4) is 0 Å². The molecule has 2 saturated heterocycles. The molecule has 0 aromatic carbocycles. The van der Waals surface area contributed by atoms with Gasteiger partial charge in [0.05, 0.1) is 0 Å². The maximum absolute atomic E-state index is 12.4. The fourth-order valence-electron chi connectivity index (χ4n) is 2.98. The minimum Gasteiger partial charge on any atom is -0.355 e. The van der Waals surface area contributed by atoms with Gasteiger partial charge in [0.2, 0.25) is 0 Å². The van der Waals surface area contributed by atoms with E-state index < -0.39 is 0 Å². The third-order valence-corrected chi connectivity index (χ3v) is 4.41. The summed E-state index contributed by atoms with van der Waals surface area (Å²) in [4.78, 5) is 18.9. The van der Waals surface area contributed by atoms with Crippen molar-refractivity contribution in [3.8, 4) is 0 Å². The fraction of sp³-hybridized carbons (Fsp3) is 0.667. The van der Waals surface area contributed by atoms with Gasteiger partial charge in [0.1, 0.15) is 0 Å². The van der Waals surface area contributed by atoms with Crippen molar-refractivity contribution in [1.29, 1.82) is 0 Å². The fourth-order valence-corrected chi connectivity index (χ4v) is 2.98. The standard InChI is InChI=1S/C15H23N5O/c1-2-18-9-11-20(12-10-18)15(21)13-5-6-14(17-16-13)19-7-3-4-8-19/h5-6H,2-4,7-12H2,1H3. The van der Waals surface area contributed by atoms with E-state index in [0.717, 1.165) is 51.6 Å². The van der Waals surface area contributed by atoms with E-state index >= 15 is 0 Å². The smallest absolute Gasteiger partial charge is 0.274 e. The minimum absolute atomic E-state index is 0.00576. The van der Waals surface area contributed by atoms with Crippen molar-refractivity contribution in [1.82, 2.24) is 20.0 Å². The summed E-state index contributed by atoms with van der Waals surface area (Å²) in [5.74, 6) is 0.895. The van der Waals surface area contributed by atoms with Gasteiger partial charge in [-0.05, 0) is 31.5 Å². The molecule has 0 bridgehead atoms. The Balaban J connectivity index is 1.62. The van der Waals surface area contributed by atoms with Gasteiger partial charge in [0.15, 0.2) is 11.5 Å². The third-order valence-electron chi connectivity index (χ3n) is 4.41. The van der Waals surface area contributed by atoms with E-state index in [2.05, 4.69) is 26.9 Å². The van der Waals surface area contributed by atoms with Gasteiger partial charge >= 0.3 is 0 Å². The lowest BCUT2D eigenvalue weighted by Gasteiger charge is -2.33. The molecule has 2 aliphatic rings. The molecule has 2 fully saturated rings. The summed E-state index contributed by atoms with van der Waals surface area (Å²) in [7, 11) is 0. The molecule has 6 heteroatoms. The van der Waals surface area contributed by atoms with Crippen LogP contribution < -0.4 is 4.90 Å². The van der Waals surface area contributed by atoms with E-state index in [4.69, 9.17) is 0 Å². The van der Waals surface area contributed by atoms with E-state index in [1.165, 1.54) is 12.8 Å². The van der Waals surface area contributed by atoms with Crippen molar-refractivity contribution in [2.45, 2.75) is 19.8 Å². The number of aromatic nitrogens is 2. The zero-order valence-electron chi connectivity index (χ0n) is 12.7. The highest BCUT2D eigenvalue weighted by Crippen LogP contribution is 2.17. The van der Waals surface area contributed by atoms with Gasteiger partial charge in [-0.3, -0.25) is 4.79 Å². The SMILES string of the molecule is CCN1CCN(C(=O)c2ccc(N3CCCC3)nn2)CC1. The molecular weight excluding hydrogens is 266 g/mol. The van der Waals surface area contributed by atoms with Crippen LogP contribution in [0.2, 0.25) is 0 Å². The Bertz CT molecular complexity index is 475. The molecule has 0 N–H and O–H groups in total. The number of hydrogen-bond acceptors (Lipinski definition) is 5. The maximum atomic E-state index is 12.4. The predicted octanol–water partition coefficient (Wildman–Crippen LogP) is 0.854. The zero-order valence-corrected chi connectivity index (χ0v) is 12.7.